The van der Waals surface area contributed by atoms with Crippen molar-refractivity contribution in [3.8, 4) is 0 Å². The number of thioether (sulfide) groups is 1. The zero-order valence-corrected chi connectivity index (χ0v) is 12.0. The van der Waals surface area contributed by atoms with Crippen LogP contribution in [0.1, 0.15) is 5.56 Å². The van der Waals surface area contributed by atoms with Gasteiger partial charge in [0.2, 0.25) is 5.95 Å². The van der Waals surface area contributed by atoms with Crippen LogP contribution in [0.2, 0.25) is 0 Å². The summed E-state index contributed by atoms with van der Waals surface area (Å²) in [5.74, 6) is 0.823. The first-order valence-corrected chi connectivity index (χ1v) is 7.65. The maximum absolute atomic E-state index is 5.38. The number of nitrogens with zero attached hydrogens (tertiary/aromatic N) is 3. The Hall–Kier alpha value is -1.33. The van der Waals surface area contributed by atoms with Crippen LogP contribution in [-0.2, 0) is 4.74 Å². The van der Waals surface area contributed by atoms with Crippen molar-refractivity contribution in [3.05, 3.63) is 23.8 Å². The van der Waals surface area contributed by atoms with E-state index in [-0.39, 0.29) is 0 Å². The van der Waals surface area contributed by atoms with Crippen LogP contribution >= 0.6 is 11.8 Å². The molecule has 0 N–H and O–H groups in total. The molecule has 1 fully saturated rings. The smallest absolute Gasteiger partial charge is 0.227 e. The standard InChI is InChI=1S/C14H17N3OS/c1-10-3-4-12-11(9-10)13(19-2)16-14(15-12)17-5-7-18-8-6-17/h3-4,9H,5-8H2,1-2H3. The average molecular weight is 275 g/mol. The van der Waals surface area contributed by atoms with Gasteiger partial charge < -0.3 is 9.64 Å². The molecule has 0 unspecified atom stereocenters. The number of ether oxygens (including phenoxy) is 1. The van der Waals surface area contributed by atoms with E-state index in [9.17, 15) is 0 Å². The molecule has 100 valence electrons. The summed E-state index contributed by atoms with van der Waals surface area (Å²) < 4.78 is 5.38. The van der Waals surface area contributed by atoms with Gasteiger partial charge in [-0.05, 0) is 25.3 Å². The lowest BCUT2D eigenvalue weighted by atomic mass is 10.2. The first kappa shape index (κ1) is 12.7. The fraction of sp³-hybridized carbons (Fsp3) is 0.429. The fourth-order valence-electron chi connectivity index (χ4n) is 2.26. The van der Waals surface area contributed by atoms with Gasteiger partial charge in [-0.2, -0.15) is 0 Å². The van der Waals surface area contributed by atoms with Crippen molar-refractivity contribution in [2.45, 2.75) is 11.9 Å². The second-order valence-electron chi connectivity index (χ2n) is 4.65. The highest BCUT2D eigenvalue weighted by atomic mass is 32.2. The van der Waals surface area contributed by atoms with Crippen LogP contribution in [0.15, 0.2) is 23.2 Å². The number of fused-ring (bicyclic) bond motifs is 1. The summed E-state index contributed by atoms with van der Waals surface area (Å²) in [5.41, 5.74) is 2.26. The van der Waals surface area contributed by atoms with E-state index < -0.39 is 0 Å². The molecule has 1 saturated heterocycles. The molecule has 4 nitrogen and oxygen atoms in total. The SMILES string of the molecule is CSc1nc(N2CCOCC2)nc2ccc(C)cc12. The largest absolute Gasteiger partial charge is 0.378 e. The van der Waals surface area contributed by atoms with Gasteiger partial charge in [0.15, 0.2) is 0 Å². The number of anilines is 1. The molecular weight excluding hydrogens is 258 g/mol. The molecule has 1 aliphatic rings. The monoisotopic (exact) mass is 275 g/mol. The molecule has 0 atom stereocenters. The van der Waals surface area contributed by atoms with Gasteiger partial charge in [-0.25, -0.2) is 9.97 Å². The Bertz CT molecular complexity index is 597. The predicted molar refractivity (Wildman–Crippen MR) is 79.1 cm³/mol. The summed E-state index contributed by atoms with van der Waals surface area (Å²) in [6, 6.07) is 6.34. The molecule has 3 rings (SSSR count). The molecule has 5 heteroatoms. The number of morpholine rings is 1. The van der Waals surface area contributed by atoms with Crippen molar-refractivity contribution in [2.75, 3.05) is 37.5 Å². The molecule has 1 aliphatic heterocycles. The zero-order valence-electron chi connectivity index (χ0n) is 11.2. The van der Waals surface area contributed by atoms with E-state index in [0.29, 0.717) is 0 Å². The molecule has 2 aromatic rings. The van der Waals surface area contributed by atoms with Crippen LogP contribution < -0.4 is 4.90 Å². The van der Waals surface area contributed by atoms with Crippen molar-refractivity contribution < 1.29 is 4.74 Å². The molecule has 0 radical (unpaired) electrons. The van der Waals surface area contributed by atoms with E-state index in [1.54, 1.807) is 11.8 Å². The topological polar surface area (TPSA) is 38.2 Å². The molecule has 1 aromatic carbocycles. The second kappa shape index (κ2) is 5.35. The lowest BCUT2D eigenvalue weighted by molar-refractivity contribution is 0.122. The molecule has 0 spiro atoms. The van der Waals surface area contributed by atoms with Crippen molar-refractivity contribution in [1.82, 2.24) is 9.97 Å². The van der Waals surface area contributed by atoms with Gasteiger partial charge in [-0.3, -0.25) is 0 Å². The lowest BCUT2D eigenvalue weighted by Crippen LogP contribution is -2.37. The Morgan fingerprint density at radius 2 is 2.00 bits per heavy atom. The van der Waals surface area contributed by atoms with E-state index >= 15 is 0 Å². The Morgan fingerprint density at radius 1 is 1.21 bits per heavy atom. The van der Waals surface area contributed by atoms with Gasteiger partial charge in [-0.15, -0.1) is 11.8 Å². The highest BCUT2D eigenvalue weighted by Crippen LogP contribution is 2.27. The minimum atomic E-state index is 0.754. The first-order valence-electron chi connectivity index (χ1n) is 6.43. The molecule has 0 saturated carbocycles. The number of rotatable bonds is 2. The molecule has 2 heterocycles. The van der Waals surface area contributed by atoms with E-state index in [1.165, 1.54) is 5.56 Å². The molecular formula is C14H17N3OS. The summed E-state index contributed by atoms with van der Waals surface area (Å²) in [6.07, 6.45) is 2.06. The summed E-state index contributed by atoms with van der Waals surface area (Å²) in [6.45, 7) is 5.34. The quantitative estimate of drug-likeness (QED) is 0.622. The highest BCUT2D eigenvalue weighted by molar-refractivity contribution is 7.98. The van der Waals surface area contributed by atoms with Gasteiger partial charge in [0, 0.05) is 18.5 Å². The number of hydrogen-bond donors (Lipinski definition) is 0. The Morgan fingerprint density at radius 3 is 2.74 bits per heavy atom. The lowest BCUT2D eigenvalue weighted by Gasteiger charge is -2.27. The number of aryl methyl sites for hydroxylation is 1. The van der Waals surface area contributed by atoms with E-state index in [0.717, 1.165) is 48.2 Å². The number of aromatic nitrogens is 2. The normalized spacial score (nSPS) is 16.0. The Balaban J connectivity index is 2.08. The fourth-order valence-corrected chi connectivity index (χ4v) is 2.82. The number of hydrogen-bond acceptors (Lipinski definition) is 5. The summed E-state index contributed by atoms with van der Waals surface area (Å²) in [5, 5.41) is 2.19. The summed E-state index contributed by atoms with van der Waals surface area (Å²) >= 11 is 1.68. The first-order chi connectivity index (χ1) is 9.28. The van der Waals surface area contributed by atoms with Crippen molar-refractivity contribution in [3.63, 3.8) is 0 Å². The van der Waals surface area contributed by atoms with Crippen LogP contribution in [0, 0.1) is 6.92 Å². The van der Waals surface area contributed by atoms with Gasteiger partial charge >= 0.3 is 0 Å². The summed E-state index contributed by atoms with van der Waals surface area (Å²) in [7, 11) is 0. The van der Waals surface area contributed by atoms with Gasteiger partial charge in [0.05, 0.1) is 18.7 Å². The molecule has 0 bridgehead atoms. The van der Waals surface area contributed by atoms with Gasteiger partial charge in [0.25, 0.3) is 0 Å². The second-order valence-corrected chi connectivity index (χ2v) is 5.45. The third-order valence-corrected chi connectivity index (χ3v) is 3.99. The third-order valence-electron chi connectivity index (χ3n) is 3.29. The van der Waals surface area contributed by atoms with Gasteiger partial charge in [-0.1, -0.05) is 11.6 Å². The molecule has 0 aliphatic carbocycles. The number of benzene rings is 1. The maximum Gasteiger partial charge on any atom is 0.227 e. The van der Waals surface area contributed by atoms with Crippen molar-refractivity contribution in [1.29, 1.82) is 0 Å². The minimum absolute atomic E-state index is 0.754. The van der Waals surface area contributed by atoms with Crippen LogP contribution in [0.4, 0.5) is 5.95 Å². The highest BCUT2D eigenvalue weighted by Gasteiger charge is 2.16. The predicted octanol–water partition coefficient (Wildman–Crippen LogP) is 2.50. The third kappa shape index (κ3) is 2.53. The van der Waals surface area contributed by atoms with Crippen LogP contribution in [0.25, 0.3) is 10.9 Å². The van der Waals surface area contributed by atoms with Crippen molar-refractivity contribution in [2.24, 2.45) is 0 Å². The van der Waals surface area contributed by atoms with Gasteiger partial charge in [0.1, 0.15) is 5.03 Å². The molecule has 1 aromatic heterocycles. The Labute approximate surface area is 117 Å². The maximum atomic E-state index is 5.38. The van der Waals surface area contributed by atoms with Crippen LogP contribution in [0.3, 0.4) is 0 Å². The van der Waals surface area contributed by atoms with Crippen LogP contribution in [-0.4, -0.2) is 42.5 Å². The van der Waals surface area contributed by atoms with E-state index in [4.69, 9.17) is 14.7 Å². The average Bonchev–Trinajstić information content (AvgIpc) is 2.47. The van der Waals surface area contributed by atoms with Crippen molar-refractivity contribution >= 4 is 28.6 Å². The Kier molecular flexibility index (Phi) is 3.57. The van der Waals surface area contributed by atoms with Crippen LogP contribution in [0.5, 0.6) is 0 Å². The minimum Gasteiger partial charge on any atom is -0.378 e. The summed E-state index contributed by atoms with van der Waals surface area (Å²) in [4.78, 5) is 11.6. The van der Waals surface area contributed by atoms with E-state index in [2.05, 4.69) is 36.3 Å². The molecule has 19 heavy (non-hydrogen) atoms. The zero-order chi connectivity index (χ0) is 13.2. The van der Waals surface area contributed by atoms with E-state index in [1.807, 2.05) is 0 Å². The molecule has 0 amide bonds.